The van der Waals surface area contributed by atoms with Crippen LogP contribution in [0, 0.1) is 30.1 Å². The Morgan fingerprint density at radius 1 is 1.25 bits per heavy atom. The van der Waals surface area contributed by atoms with E-state index in [1.54, 1.807) is 0 Å². The van der Waals surface area contributed by atoms with Gasteiger partial charge < -0.3 is 4.90 Å². The van der Waals surface area contributed by atoms with E-state index in [1.807, 2.05) is 7.05 Å². The van der Waals surface area contributed by atoms with Crippen LogP contribution in [-0.2, 0) is 0 Å². The summed E-state index contributed by atoms with van der Waals surface area (Å²) in [7, 11) is 2.04. The minimum absolute atomic E-state index is 0.0892. The smallest absolute Gasteiger partial charge is 0.0677 e. The predicted molar refractivity (Wildman–Crippen MR) is 68.4 cm³/mol. The van der Waals surface area contributed by atoms with Gasteiger partial charge in [-0.05, 0) is 25.0 Å². The van der Waals surface area contributed by atoms with Crippen LogP contribution < -0.4 is 4.90 Å². The minimum atomic E-state index is 0.0892. The van der Waals surface area contributed by atoms with Crippen molar-refractivity contribution in [3.63, 3.8) is 0 Å². The number of aryl methyl sites for hydroxylation is 1. The molecule has 0 aliphatic rings. The van der Waals surface area contributed by atoms with Crippen molar-refractivity contribution in [2.24, 2.45) is 11.8 Å². The molecule has 1 aromatic carbocycles. The van der Waals surface area contributed by atoms with Gasteiger partial charge in [0, 0.05) is 19.3 Å². The van der Waals surface area contributed by atoms with Gasteiger partial charge in [-0.1, -0.05) is 31.5 Å². The quantitative estimate of drug-likeness (QED) is 0.772. The average molecular weight is 216 g/mol. The normalized spacial score (nSPS) is 12.2. The second-order valence-corrected chi connectivity index (χ2v) is 4.70. The fourth-order valence-corrected chi connectivity index (χ4v) is 1.60. The van der Waals surface area contributed by atoms with Gasteiger partial charge in [-0.3, -0.25) is 0 Å². The van der Waals surface area contributed by atoms with Crippen molar-refractivity contribution in [3.8, 4) is 6.07 Å². The molecule has 2 nitrogen and oxygen atoms in total. The van der Waals surface area contributed by atoms with Crippen LogP contribution in [0.4, 0.5) is 5.69 Å². The molecule has 0 fully saturated rings. The molecular weight excluding hydrogens is 196 g/mol. The van der Waals surface area contributed by atoms with Crippen molar-refractivity contribution in [1.29, 1.82) is 5.26 Å². The van der Waals surface area contributed by atoms with Gasteiger partial charge >= 0.3 is 0 Å². The third kappa shape index (κ3) is 3.27. The summed E-state index contributed by atoms with van der Waals surface area (Å²) < 4.78 is 0. The number of nitrogens with zero attached hydrogens (tertiary/aromatic N) is 2. The largest absolute Gasteiger partial charge is 0.373 e. The molecule has 1 rings (SSSR count). The van der Waals surface area contributed by atoms with Crippen LogP contribution in [0.15, 0.2) is 24.3 Å². The lowest BCUT2D eigenvalue weighted by molar-refractivity contribution is 0.477. The molecule has 0 radical (unpaired) electrons. The number of benzene rings is 1. The molecule has 0 N–H and O–H groups in total. The molecule has 0 aromatic heterocycles. The lowest BCUT2D eigenvalue weighted by atomic mass is 9.97. The van der Waals surface area contributed by atoms with Crippen molar-refractivity contribution in [3.05, 3.63) is 29.8 Å². The number of anilines is 1. The third-order valence-corrected chi connectivity index (χ3v) is 2.92. The Morgan fingerprint density at radius 3 is 2.25 bits per heavy atom. The highest BCUT2D eigenvalue weighted by Gasteiger charge is 2.14. The second kappa shape index (κ2) is 5.55. The Labute approximate surface area is 98.5 Å². The zero-order chi connectivity index (χ0) is 12.1. The lowest BCUT2D eigenvalue weighted by Crippen LogP contribution is -2.27. The van der Waals surface area contributed by atoms with Crippen molar-refractivity contribution in [2.75, 3.05) is 18.5 Å². The summed E-state index contributed by atoms with van der Waals surface area (Å²) in [6, 6.07) is 10.8. The molecule has 2 heteroatoms. The second-order valence-electron chi connectivity index (χ2n) is 4.70. The van der Waals surface area contributed by atoms with Gasteiger partial charge in [0.25, 0.3) is 0 Å². The van der Waals surface area contributed by atoms with Crippen LogP contribution in [0.1, 0.15) is 19.4 Å². The third-order valence-electron chi connectivity index (χ3n) is 2.92. The number of nitriles is 1. The molecule has 0 aliphatic carbocycles. The molecule has 0 heterocycles. The van der Waals surface area contributed by atoms with Gasteiger partial charge in [0.2, 0.25) is 0 Å². The van der Waals surface area contributed by atoms with Gasteiger partial charge in [0.05, 0.1) is 12.0 Å². The van der Waals surface area contributed by atoms with Crippen LogP contribution in [0.2, 0.25) is 0 Å². The maximum atomic E-state index is 9.06. The van der Waals surface area contributed by atoms with Gasteiger partial charge in [-0.25, -0.2) is 0 Å². The molecule has 16 heavy (non-hydrogen) atoms. The van der Waals surface area contributed by atoms with E-state index in [0.717, 1.165) is 6.54 Å². The minimum Gasteiger partial charge on any atom is -0.373 e. The lowest BCUT2D eigenvalue weighted by Gasteiger charge is -2.24. The van der Waals surface area contributed by atoms with E-state index in [2.05, 4.69) is 56.0 Å². The van der Waals surface area contributed by atoms with Crippen molar-refractivity contribution in [2.45, 2.75) is 20.8 Å². The summed E-state index contributed by atoms with van der Waals surface area (Å²) in [5.74, 6) is 0.490. The first-order valence-electron chi connectivity index (χ1n) is 5.72. The van der Waals surface area contributed by atoms with Crippen LogP contribution in [0.3, 0.4) is 0 Å². The van der Waals surface area contributed by atoms with Gasteiger partial charge in [0.15, 0.2) is 0 Å². The molecule has 86 valence electrons. The van der Waals surface area contributed by atoms with Crippen LogP contribution >= 0.6 is 0 Å². The first-order chi connectivity index (χ1) is 7.54. The van der Waals surface area contributed by atoms with Crippen molar-refractivity contribution >= 4 is 5.69 Å². The fraction of sp³-hybridized carbons (Fsp3) is 0.500. The zero-order valence-corrected chi connectivity index (χ0v) is 10.6. The Hall–Kier alpha value is -1.49. The van der Waals surface area contributed by atoms with E-state index < -0.39 is 0 Å². The fourth-order valence-electron chi connectivity index (χ4n) is 1.60. The van der Waals surface area contributed by atoms with E-state index in [-0.39, 0.29) is 5.92 Å². The van der Waals surface area contributed by atoms with Crippen LogP contribution in [0.5, 0.6) is 0 Å². The van der Waals surface area contributed by atoms with E-state index in [4.69, 9.17) is 5.26 Å². The molecule has 1 atom stereocenters. The van der Waals surface area contributed by atoms with Gasteiger partial charge in [0.1, 0.15) is 0 Å². The highest BCUT2D eigenvalue weighted by Crippen LogP contribution is 2.17. The van der Waals surface area contributed by atoms with E-state index in [9.17, 15) is 0 Å². The molecular formula is C14H20N2. The standard InChI is InChI=1S/C14H20N2/c1-11(2)13(9-15)10-16(4)14-7-5-12(3)6-8-14/h5-8,11,13H,10H2,1-4H3. The Kier molecular flexibility index (Phi) is 4.37. The first-order valence-corrected chi connectivity index (χ1v) is 5.72. The Balaban J connectivity index is 2.68. The van der Waals surface area contributed by atoms with Crippen molar-refractivity contribution in [1.82, 2.24) is 0 Å². The summed E-state index contributed by atoms with van der Waals surface area (Å²) in [5, 5.41) is 9.06. The Bertz CT molecular complexity index is 359. The van der Waals surface area contributed by atoms with Gasteiger partial charge in [-0.15, -0.1) is 0 Å². The topological polar surface area (TPSA) is 27.0 Å². The molecule has 0 amide bonds. The average Bonchev–Trinajstić information content (AvgIpc) is 2.26. The summed E-state index contributed by atoms with van der Waals surface area (Å²) >= 11 is 0. The van der Waals surface area contributed by atoms with E-state index in [1.165, 1.54) is 11.3 Å². The zero-order valence-electron chi connectivity index (χ0n) is 10.6. The molecule has 0 saturated heterocycles. The maximum Gasteiger partial charge on any atom is 0.0677 e. The summed E-state index contributed by atoms with van der Waals surface area (Å²) in [4.78, 5) is 2.15. The summed E-state index contributed by atoms with van der Waals surface area (Å²) in [6.07, 6.45) is 0. The van der Waals surface area contributed by atoms with Crippen molar-refractivity contribution < 1.29 is 0 Å². The monoisotopic (exact) mass is 216 g/mol. The van der Waals surface area contributed by atoms with Gasteiger partial charge in [-0.2, -0.15) is 5.26 Å². The molecule has 1 aromatic rings. The molecule has 0 spiro atoms. The van der Waals surface area contributed by atoms with Crippen LogP contribution in [0.25, 0.3) is 0 Å². The predicted octanol–water partition coefficient (Wildman–Crippen LogP) is 3.23. The number of hydrogen-bond donors (Lipinski definition) is 0. The number of hydrogen-bond acceptors (Lipinski definition) is 2. The molecule has 1 unspecified atom stereocenters. The maximum absolute atomic E-state index is 9.06. The molecule has 0 saturated carbocycles. The highest BCUT2D eigenvalue weighted by atomic mass is 15.1. The van der Waals surface area contributed by atoms with Crippen LogP contribution in [-0.4, -0.2) is 13.6 Å². The number of rotatable bonds is 4. The molecule has 0 aliphatic heterocycles. The highest BCUT2D eigenvalue weighted by molar-refractivity contribution is 5.46. The Morgan fingerprint density at radius 2 is 1.81 bits per heavy atom. The summed E-state index contributed by atoms with van der Waals surface area (Å²) in [5.41, 5.74) is 2.43. The van der Waals surface area contributed by atoms with E-state index >= 15 is 0 Å². The SMILES string of the molecule is Cc1ccc(N(C)CC(C#N)C(C)C)cc1. The van der Waals surface area contributed by atoms with E-state index in [0.29, 0.717) is 5.92 Å². The first kappa shape index (κ1) is 12.6. The summed E-state index contributed by atoms with van der Waals surface area (Å²) in [6.45, 7) is 7.06. The molecule has 0 bridgehead atoms.